The van der Waals surface area contributed by atoms with E-state index in [9.17, 15) is 18.0 Å². The number of amides is 1. The van der Waals surface area contributed by atoms with E-state index in [4.69, 9.17) is 9.84 Å². The summed E-state index contributed by atoms with van der Waals surface area (Å²) in [5.74, 6) is 0.530. The van der Waals surface area contributed by atoms with Crippen LogP contribution >= 0.6 is 0 Å². The maximum Gasteiger partial charge on any atom is 0.417 e. The van der Waals surface area contributed by atoms with Gasteiger partial charge in [-0.1, -0.05) is 23.8 Å². The van der Waals surface area contributed by atoms with E-state index in [1.54, 1.807) is 18.2 Å². The molecule has 1 aromatic heterocycles. The van der Waals surface area contributed by atoms with E-state index in [2.05, 4.69) is 4.98 Å². The summed E-state index contributed by atoms with van der Waals surface area (Å²) in [6.07, 6.45) is -1.30. The Morgan fingerprint density at radius 3 is 2.52 bits per heavy atom. The molecule has 1 fully saturated rings. The van der Waals surface area contributed by atoms with Crippen molar-refractivity contribution in [2.45, 2.75) is 19.0 Å². The van der Waals surface area contributed by atoms with Gasteiger partial charge >= 0.3 is 12.3 Å². The molecule has 0 saturated carbocycles. The smallest absolute Gasteiger partial charge is 0.417 e. The Morgan fingerprint density at radius 2 is 1.93 bits per heavy atom. The van der Waals surface area contributed by atoms with Crippen LogP contribution in [-0.4, -0.2) is 34.2 Å². The van der Waals surface area contributed by atoms with Crippen molar-refractivity contribution in [1.82, 2.24) is 9.88 Å². The van der Waals surface area contributed by atoms with Crippen LogP contribution in [0.25, 0.3) is 6.08 Å². The van der Waals surface area contributed by atoms with Gasteiger partial charge in [-0.15, -0.1) is 0 Å². The Balaban J connectivity index is 1.67. The zero-order chi connectivity index (χ0) is 19.4. The van der Waals surface area contributed by atoms with Crippen molar-refractivity contribution in [2.75, 3.05) is 13.1 Å². The number of pyridine rings is 1. The number of nitrogens with zero attached hydrogens (tertiary/aromatic N) is 2. The molecule has 0 unspecified atom stereocenters. The van der Waals surface area contributed by atoms with E-state index in [1.807, 2.05) is 12.1 Å². The largest absolute Gasteiger partial charge is 0.465 e. The van der Waals surface area contributed by atoms with Crippen LogP contribution in [0.5, 0.6) is 11.6 Å². The van der Waals surface area contributed by atoms with Crippen LogP contribution in [0.2, 0.25) is 0 Å². The fourth-order valence-corrected chi connectivity index (χ4v) is 2.76. The zero-order valence-electron chi connectivity index (χ0n) is 14.2. The number of piperidine rings is 1. The monoisotopic (exact) mass is 378 g/mol. The van der Waals surface area contributed by atoms with Crippen molar-refractivity contribution in [3.05, 3.63) is 59.3 Å². The minimum Gasteiger partial charge on any atom is -0.465 e. The average molecular weight is 378 g/mol. The van der Waals surface area contributed by atoms with Crippen LogP contribution in [-0.2, 0) is 6.18 Å². The number of carbonyl (C=O) groups is 1. The van der Waals surface area contributed by atoms with Gasteiger partial charge in [0.15, 0.2) is 0 Å². The summed E-state index contributed by atoms with van der Waals surface area (Å²) in [5, 5.41) is 8.97. The molecule has 1 N–H and O–H groups in total. The number of aromatic nitrogens is 1. The van der Waals surface area contributed by atoms with Gasteiger partial charge in [-0.2, -0.15) is 13.2 Å². The second kappa shape index (κ2) is 7.69. The topological polar surface area (TPSA) is 62.7 Å². The summed E-state index contributed by atoms with van der Waals surface area (Å²) in [5.41, 5.74) is 1.18. The van der Waals surface area contributed by atoms with Crippen LogP contribution < -0.4 is 4.74 Å². The molecule has 0 radical (unpaired) electrons. The van der Waals surface area contributed by atoms with E-state index in [0.717, 1.165) is 23.4 Å². The van der Waals surface area contributed by atoms with Gasteiger partial charge in [0.2, 0.25) is 5.88 Å². The second-order valence-corrected chi connectivity index (χ2v) is 6.13. The normalized spacial score (nSPS) is 14.8. The average Bonchev–Trinajstić information content (AvgIpc) is 2.62. The van der Waals surface area contributed by atoms with Gasteiger partial charge in [0.25, 0.3) is 0 Å². The number of alkyl halides is 3. The minimum atomic E-state index is -4.44. The number of ether oxygens (including phenoxy) is 1. The maximum atomic E-state index is 12.6. The first-order valence-corrected chi connectivity index (χ1v) is 8.30. The van der Waals surface area contributed by atoms with Crippen molar-refractivity contribution >= 4 is 12.2 Å². The number of benzene rings is 1. The molecule has 1 aromatic carbocycles. The molecule has 3 rings (SSSR count). The summed E-state index contributed by atoms with van der Waals surface area (Å²) < 4.78 is 43.2. The number of likely N-dealkylation sites (tertiary alicyclic amines) is 1. The quantitative estimate of drug-likeness (QED) is 0.812. The third-order valence-corrected chi connectivity index (χ3v) is 4.19. The highest BCUT2D eigenvalue weighted by Crippen LogP contribution is 2.30. The van der Waals surface area contributed by atoms with Gasteiger partial charge < -0.3 is 14.7 Å². The summed E-state index contributed by atoms with van der Waals surface area (Å²) in [6.45, 7) is 0.930. The van der Waals surface area contributed by atoms with Crippen LogP contribution in [0.1, 0.15) is 24.0 Å². The number of halogens is 3. The Bertz CT molecular complexity index is 838. The lowest BCUT2D eigenvalue weighted by Crippen LogP contribution is -2.35. The fraction of sp³-hybridized carbons (Fsp3) is 0.263. The van der Waals surface area contributed by atoms with Gasteiger partial charge in [0.05, 0.1) is 5.56 Å². The highest BCUT2D eigenvalue weighted by atomic mass is 19.4. The zero-order valence-corrected chi connectivity index (χ0v) is 14.2. The predicted molar refractivity (Wildman–Crippen MR) is 92.6 cm³/mol. The molecular weight excluding hydrogens is 361 g/mol. The fourth-order valence-electron chi connectivity index (χ4n) is 2.76. The highest BCUT2D eigenvalue weighted by Gasteiger charge is 2.30. The first-order chi connectivity index (χ1) is 12.8. The molecule has 0 aliphatic carbocycles. The molecule has 1 aliphatic heterocycles. The summed E-state index contributed by atoms with van der Waals surface area (Å²) in [7, 11) is 0. The number of carboxylic acid groups (broad SMARTS) is 1. The molecule has 2 aromatic rings. The Kier molecular flexibility index (Phi) is 5.34. The molecule has 5 nitrogen and oxygen atoms in total. The van der Waals surface area contributed by atoms with E-state index < -0.39 is 17.8 Å². The predicted octanol–water partition coefficient (Wildman–Crippen LogP) is 5.05. The molecule has 1 aliphatic rings. The molecule has 27 heavy (non-hydrogen) atoms. The van der Waals surface area contributed by atoms with Crippen molar-refractivity contribution in [1.29, 1.82) is 0 Å². The van der Waals surface area contributed by atoms with Crippen molar-refractivity contribution in [3.63, 3.8) is 0 Å². The van der Waals surface area contributed by atoms with Crippen molar-refractivity contribution < 1.29 is 27.8 Å². The molecule has 0 spiro atoms. The van der Waals surface area contributed by atoms with Crippen LogP contribution in [0.15, 0.2) is 48.2 Å². The van der Waals surface area contributed by atoms with E-state index in [1.165, 1.54) is 11.0 Å². The van der Waals surface area contributed by atoms with E-state index in [0.29, 0.717) is 31.7 Å². The van der Waals surface area contributed by atoms with Gasteiger partial charge in [0.1, 0.15) is 5.75 Å². The van der Waals surface area contributed by atoms with Gasteiger partial charge in [-0.25, -0.2) is 9.78 Å². The third kappa shape index (κ3) is 4.99. The summed E-state index contributed by atoms with van der Waals surface area (Å²) >= 11 is 0. The Morgan fingerprint density at radius 1 is 1.19 bits per heavy atom. The van der Waals surface area contributed by atoms with Crippen LogP contribution in [0.3, 0.4) is 0 Å². The first kappa shape index (κ1) is 18.8. The Labute approximate surface area is 153 Å². The minimum absolute atomic E-state index is 0.0718. The molecular formula is C19H17F3N2O3. The lowest BCUT2D eigenvalue weighted by Gasteiger charge is -2.25. The van der Waals surface area contributed by atoms with Crippen molar-refractivity contribution in [3.8, 4) is 11.6 Å². The molecule has 0 atom stereocenters. The second-order valence-electron chi connectivity index (χ2n) is 6.13. The van der Waals surface area contributed by atoms with E-state index >= 15 is 0 Å². The van der Waals surface area contributed by atoms with Gasteiger partial charge in [0, 0.05) is 25.4 Å². The first-order valence-electron chi connectivity index (χ1n) is 8.30. The standard InChI is InChI=1S/C19H17F3N2O3/c20-19(21,22)15-4-5-17(23-12-15)27-16-3-1-2-14(11-16)10-13-6-8-24(9-7-13)18(25)26/h1-5,10-12H,6-9H2,(H,25,26). The number of hydrogen-bond acceptors (Lipinski definition) is 3. The summed E-state index contributed by atoms with van der Waals surface area (Å²) in [6, 6.07) is 9.20. The summed E-state index contributed by atoms with van der Waals surface area (Å²) in [4.78, 5) is 16.0. The highest BCUT2D eigenvalue weighted by molar-refractivity contribution is 5.65. The van der Waals surface area contributed by atoms with Crippen LogP contribution in [0, 0.1) is 0 Å². The third-order valence-electron chi connectivity index (χ3n) is 4.19. The molecule has 0 bridgehead atoms. The molecule has 8 heteroatoms. The van der Waals surface area contributed by atoms with Crippen molar-refractivity contribution in [2.24, 2.45) is 0 Å². The molecule has 2 heterocycles. The number of hydrogen-bond donors (Lipinski definition) is 1. The maximum absolute atomic E-state index is 12.6. The molecule has 1 saturated heterocycles. The van der Waals surface area contributed by atoms with E-state index in [-0.39, 0.29) is 5.88 Å². The number of rotatable bonds is 3. The SMILES string of the molecule is O=C(O)N1CCC(=Cc2cccc(Oc3ccc(C(F)(F)F)cn3)c2)CC1. The molecule has 1 amide bonds. The van der Waals surface area contributed by atoms with Gasteiger partial charge in [-0.05, 0) is 36.6 Å². The van der Waals surface area contributed by atoms with Crippen LogP contribution in [0.4, 0.5) is 18.0 Å². The van der Waals surface area contributed by atoms with Gasteiger partial charge in [-0.3, -0.25) is 0 Å². The lowest BCUT2D eigenvalue weighted by atomic mass is 10.0. The molecule has 142 valence electrons. The Hall–Kier alpha value is -3.03. The lowest BCUT2D eigenvalue weighted by molar-refractivity contribution is -0.137.